The Morgan fingerprint density at radius 1 is 1.33 bits per heavy atom. The number of anilines is 1. The van der Waals surface area contributed by atoms with Gasteiger partial charge in [0.2, 0.25) is 0 Å². The normalized spacial score (nSPS) is 11.4. The predicted molar refractivity (Wildman–Crippen MR) is 52.4 cm³/mol. The molecule has 1 N–H and O–H groups in total. The van der Waals surface area contributed by atoms with Crippen molar-refractivity contribution in [2.24, 2.45) is 0 Å². The highest BCUT2D eigenvalue weighted by Gasteiger charge is 2.37. The maximum atomic E-state index is 13.6. The van der Waals surface area contributed by atoms with Crippen LogP contribution < -0.4 is 4.90 Å². The second kappa shape index (κ2) is 4.79. The van der Waals surface area contributed by atoms with Gasteiger partial charge in [-0.2, -0.15) is 13.2 Å². The van der Waals surface area contributed by atoms with Gasteiger partial charge >= 0.3 is 12.3 Å². The van der Waals surface area contributed by atoms with Crippen molar-refractivity contribution >= 4 is 11.8 Å². The Kier molecular flexibility index (Phi) is 3.78. The van der Waals surface area contributed by atoms with Crippen LogP contribution in [-0.4, -0.2) is 17.7 Å². The third-order valence-corrected chi connectivity index (χ3v) is 2.16. The topological polar surface area (TPSA) is 40.5 Å². The lowest BCUT2D eigenvalue weighted by Crippen LogP contribution is -2.30. The number of carboxylic acid groups (broad SMARTS) is 1. The van der Waals surface area contributed by atoms with Gasteiger partial charge in [-0.3, -0.25) is 4.90 Å². The van der Waals surface area contributed by atoms with E-state index < -0.39 is 35.2 Å². The Hall–Kier alpha value is -1.86. The molecular weight excluding hydrogens is 261 g/mol. The van der Waals surface area contributed by atoms with Gasteiger partial charge in [-0.25, -0.2) is 13.6 Å². The average molecular weight is 269 g/mol. The molecule has 0 radical (unpaired) electrons. The molecular formula is C10H8F5NO2. The van der Waals surface area contributed by atoms with Crippen molar-refractivity contribution in [2.75, 3.05) is 11.4 Å². The molecule has 0 bridgehead atoms. The highest BCUT2D eigenvalue weighted by Crippen LogP contribution is 2.36. The first kappa shape index (κ1) is 14.2. The summed E-state index contributed by atoms with van der Waals surface area (Å²) in [5, 5.41) is 8.69. The Labute approximate surface area is 98.4 Å². The van der Waals surface area contributed by atoms with Gasteiger partial charge in [0.15, 0.2) is 5.82 Å². The highest BCUT2D eigenvalue weighted by atomic mass is 19.4. The van der Waals surface area contributed by atoms with Gasteiger partial charge in [0.05, 0.1) is 11.3 Å². The molecule has 100 valence electrons. The third kappa shape index (κ3) is 2.69. The number of halogens is 5. The molecule has 0 aliphatic carbocycles. The molecule has 0 aliphatic rings. The van der Waals surface area contributed by atoms with E-state index >= 15 is 0 Å². The first-order chi connectivity index (χ1) is 8.18. The zero-order valence-electron chi connectivity index (χ0n) is 9.05. The minimum atomic E-state index is -5.10. The zero-order chi connectivity index (χ0) is 14.1. The van der Waals surface area contributed by atoms with Crippen LogP contribution in [0.4, 0.5) is 32.4 Å². The van der Waals surface area contributed by atoms with Gasteiger partial charge in [0, 0.05) is 12.6 Å². The molecule has 0 saturated carbocycles. The highest BCUT2D eigenvalue weighted by molar-refractivity contribution is 5.86. The number of benzene rings is 1. The van der Waals surface area contributed by atoms with E-state index in [2.05, 4.69) is 0 Å². The summed E-state index contributed by atoms with van der Waals surface area (Å²) in [4.78, 5) is 11.0. The largest absolute Gasteiger partial charge is 0.465 e. The van der Waals surface area contributed by atoms with E-state index in [0.717, 1.165) is 0 Å². The van der Waals surface area contributed by atoms with E-state index in [9.17, 15) is 26.7 Å². The van der Waals surface area contributed by atoms with Crippen LogP contribution in [0.1, 0.15) is 12.5 Å². The van der Waals surface area contributed by atoms with Crippen LogP contribution in [0.15, 0.2) is 12.1 Å². The first-order valence-corrected chi connectivity index (χ1v) is 4.75. The minimum absolute atomic E-state index is 0.0193. The van der Waals surface area contributed by atoms with E-state index in [-0.39, 0.29) is 17.5 Å². The fraction of sp³-hybridized carbons (Fsp3) is 0.300. The lowest BCUT2D eigenvalue weighted by atomic mass is 10.1. The summed E-state index contributed by atoms with van der Waals surface area (Å²) < 4.78 is 63.8. The van der Waals surface area contributed by atoms with E-state index in [1.807, 2.05) is 0 Å². The molecule has 1 aromatic rings. The minimum Gasteiger partial charge on any atom is -0.465 e. The van der Waals surface area contributed by atoms with Gasteiger partial charge < -0.3 is 5.11 Å². The molecule has 0 aliphatic heterocycles. The molecule has 1 aromatic carbocycles. The van der Waals surface area contributed by atoms with Crippen LogP contribution in [0.25, 0.3) is 0 Å². The molecule has 1 amide bonds. The smallest absolute Gasteiger partial charge is 0.419 e. The molecule has 0 aromatic heterocycles. The quantitative estimate of drug-likeness (QED) is 0.835. The van der Waals surface area contributed by atoms with Crippen molar-refractivity contribution in [3.05, 3.63) is 29.3 Å². The summed E-state index contributed by atoms with van der Waals surface area (Å²) >= 11 is 0. The third-order valence-electron chi connectivity index (χ3n) is 2.16. The molecule has 1 rings (SSSR count). The van der Waals surface area contributed by atoms with Crippen molar-refractivity contribution in [3.63, 3.8) is 0 Å². The number of nitrogens with zero attached hydrogens (tertiary/aromatic N) is 1. The van der Waals surface area contributed by atoms with Crippen LogP contribution >= 0.6 is 0 Å². The number of hydrogen-bond donors (Lipinski definition) is 1. The summed E-state index contributed by atoms with van der Waals surface area (Å²) in [5.41, 5.74) is -2.80. The van der Waals surface area contributed by atoms with E-state index in [0.29, 0.717) is 6.07 Å². The fourth-order valence-corrected chi connectivity index (χ4v) is 1.39. The summed E-state index contributed by atoms with van der Waals surface area (Å²) in [6.07, 6.45) is -6.77. The second-order valence-corrected chi connectivity index (χ2v) is 3.31. The number of hydrogen-bond acceptors (Lipinski definition) is 1. The van der Waals surface area contributed by atoms with Crippen molar-refractivity contribution in [1.29, 1.82) is 0 Å². The number of rotatable bonds is 2. The summed E-state index contributed by atoms with van der Waals surface area (Å²) in [7, 11) is 0. The summed E-state index contributed by atoms with van der Waals surface area (Å²) in [5.74, 6) is -3.17. The predicted octanol–water partition coefficient (Wildman–Crippen LogP) is 3.49. The van der Waals surface area contributed by atoms with E-state index in [1.54, 1.807) is 0 Å². The maximum absolute atomic E-state index is 13.6. The van der Waals surface area contributed by atoms with Crippen LogP contribution in [0.2, 0.25) is 0 Å². The van der Waals surface area contributed by atoms with Crippen molar-refractivity contribution < 1.29 is 31.9 Å². The molecule has 8 heteroatoms. The van der Waals surface area contributed by atoms with Gasteiger partial charge in [-0.15, -0.1) is 0 Å². The van der Waals surface area contributed by atoms with Gasteiger partial charge in [-0.05, 0) is 13.0 Å². The lowest BCUT2D eigenvalue weighted by Gasteiger charge is -2.20. The molecule has 0 heterocycles. The lowest BCUT2D eigenvalue weighted by molar-refractivity contribution is -0.140. The standard InChI is InChI=1S/C10H8F5NO2/c1-2-16(9(17)18)7-4-5(11)3-6(8(7)12)10(13,14)15/h3-4H,2H2,1H3,(H,17,18). The van der Waals surface area contributed by atoms with E-state index in [1.165, 1.54) is 6.92 Å². The SMILES string of the molecule is CCN(C(=O)O)c1cc(F)cc(C(F)(F)F)c1F. The van der Waals surface area contributed by atoms with Crippen molar-refractivity contribution in [1.82, 2.24) is 0 Å². The Bertz CT molecular complexity index is 472. The number of amides is 1. The van der Waals surface area contributed by atoms with Crippen molar-refractivity contribution in [2.45, 2.75) is 13.1 Å². The van der Waals surface area contributed by atoms with Gasteiger partial charge in [0.1, 0.15) is 5.82 Å². The Morgan fingerprint density at radius 3 is 2.28 bits per heavy atom. The summed E-state index contributed by atoms with van der Waals surface area (Å²) in [6, 6.07) is 0.386. The second-order valence-electron chi connectivity index (χ2n) is 3.31. The van der Waals surface area contributed by atoms with E-state index in [4.69, 9.17) is 5.11 Å². The van der Waals surface area contributed by atoms with Crippen LogP contribution in [0, 0.1) is 11.6 Å². The molecule has 18 heavy (non-hydrogen) atoms. The Morgan fingerprint density at radius 2 is 1.89 bits per heavy atom. The Balaban J connectivity index is 3.46. The molecule has 3 nitrogen and oxygen atoms in total. The first-order valence-electron chi connectivity index (χ1n) is 4.75. The van der Waals surface area contributed by atoms with Crippen LogP contribution in [0.5, 0.6) is 0 Å². The zero-order valence-corrected chi connectivity index (χ0v) is 9.05. The van der Waals surface area contributed by atoms with Gasteiger partial charge in [0.25, 0.3) is 0 Å². The van der Waals surface area contributed by atoms with Crippen LogP contribution in [0.3, 0.4) is 0 Å². The van der Waals surface area contributed by atoms with Crippen LogP contribution in [-0.2, 0) is 6.18 Å². The van der Waals surface area contributed by atoms with Gasteiger partial charge in [-0.1, -0.05) is 0 Å². The fourth-order valence-electron chi connectivity index (χ4n) is 1.39. The molecule has 0 saturated heterocycles. The molecule has 0 spiro atoms. The monoisotopic (exact) mass is 269 g/mol. The average Bonchev–Trinajstić information content (AvgIpc) is 2.21. The summed E-state index contributed by atoms with van der Waals surface area (Å²) in [6.45, 7) is 0.971. The molecule has 0 atom stereocenters. The maximum Gasteiger partial charge on any atom is 0.419 e. The van der Waals surface area contributed by atoms with Crippen molar-refractivity contribution in [3.8, 4) is 0 Å². The molecule has 0 fully saturated rings. The number of alkyl halides is 3. The molecule has 0 unspecified atom stereocenters. The number of carbonyl (C=O) groups is 1.